The van der Waals surface area contributed by atoms with E-state index in [1.807, 2.05) is 0 Å². The van der Waals surface area contributed by atoms with Gasteiger partial charge in [-0.3, -0.25) is 9.10 Å². The summed E-state index contributed by atoms with van der Waals surface area (Å²) in [5.74, 6) is -0.227. The number of halogens is 3. The lowest BCUT2D eigenvalue weighted by molar-refractivity contribution is 0.0964. The Morgan fingerprint density at radius 2 is 1.74 bits per heavy atom. The van der Waals surface area contributed by atoms with Crippen molar-refractivity contribution in [2.24, 2.45) is 0 Å². The molecule has 6 aromatic rings. The molecular formula is C30H22Cl2FN5O4S. The number of rotatable bonds is 6. The normalized spacial score (nSPS) is 11.8. The molecule has 9 nitrogen and oxygen atoms in total. The van der Waals surface area contributed by atoms with E-state index in [0.29, 0.717) is 60.4 Å². The molecule has 0 aliphatic heterocycles. The van der Waals surface area contributed by atoms with Crippen LogP contribution >= 0.6 is 23.2 Å². The van der Waals surface area contributed by atoms with E-state index in [-0.39, 0.29) is 16.9 Å². The molecule has 0 bridgehead atoms. The third kappa shape index (κ3) is 5.20. The maximum Gasteiger partial charge on any atom is 0.255 e. The van der Waals surface area contributed by atoms with Gasteiger partial charge in [0.15, 0.2) is 5.65 Å². The lowest BCUT2D eigenvalue weighted by atomic mass is 9.97. The van der Waals surface area contributed by atoms with Gasteiger partial charge in [0.05, 0.1) is 27.6 Å². The predicted octanol–water partition coefficient (Wildman–Crippen LogP) is 6.91. The van der Waals surface area contributed by atoms with Crippen LogP contribution in [0, 0.1) is 5.82 Å². The van der Waals surface area contributed by atoms with Crippen LogP contribution in [0.5, 0.6) is 0 Å². The molecule has 3 heterocycles. The molecule has 0 radical (unpaired) electrons. The standard InChI is InChI=1S/C30H22Cl2FN5O4S/c1-34-30(39)26-21-12-19(16-6-9-22(32)20(10-16)28-36-23-11-17(31)14-35-29(23)37-28)24(38(2)43(3,40)41)13-25(21)42-27(26)15-4-7-18(33)8-5-15/h4-14H,1-3H3,(H,34,39)(H,35,36,37). The Bertz CT molecular complexity index is 2180. The number of hydrogen-bond donors (Lipinski definition) is 2. The van der Waals surface area contributed by atoms with Gasteiger partial charge >= 0.3 is 0 Å². The number of H-pyrrole nitrogens is 1. The van der Waals surface area contributed by atoms with Gasteiger partial charge in [0, 0.05) is 48.4 Å². The summed E-state index contributed by atoms with van der Waals surface area (Å²) in [5.41, 5.74) is 3.92. The molecule has 0 atom stereocenters. The van der Waals surface area contributed by atoms with E-state index >= 15 is 0 Å². The van der Waals surface area contributed by atoms with Crippen LogP contribution in [0.2, 0.25) is 10.0 Å². The highest BCUT2D eigenvalue weighted by Gasteiger charge is 2.26. The quantitative estimate of drug-likeness (QED) is 0.205. The Morgan fingerprint density at radius 3 is 2.44 bits per heavy atom. The lowest BCUT2D eigenvalue weighted by Crippen LogP contribution is -2.25. The Morgan fingerprint density at radius 1 is 1.02 bits per heavy atom. The van der Waals surface area contributed by atoms with Crippen LogP contribution < -0.4 is 9.62 Å². The van der Waals surface area contributed by atoms with Gasteiger partial charge in [0.2, 0.25) is 10.0 Å². The molecule has 6 rings (SSSR count). The van der Waals surface area contributed by atoms with E-state index in [9.17, 15) is 17.6 Å². The second-order valence-corrected chi connectivity index (χ2v) is 12.6. The van der Waals surface area contributed by atoms with E-state index in [4.69, 9.17) is 27.6 Å². The van der Waals surface area contributed by atoms with Crippen molar-refractivity contribution in [2.75, 3.05) is 24.7 Å². The number of imidazole rings is 1. The van der Waals surface area contributed by atoms with Gasteiger partial charge in [-0.15, -0.1) is 0 Å². The molecule has 0 aliphatic rings. The van der Waals surface area contributed by atoms with Crippen LogP contribution in [0.1, 0.15) is 10.4 Å². The van der Waals surface area contributed by atoms with E-state index in [0.717, 1.165) is 10.6 Å². The number of aromatic amines is 1. The third-order valence-electron chi connectivity index (χ3n) is 7.04. The Labute approximate surface area is 255 Å². The number of sulfonamides is 1. The molecule has 3 aromatic heterocycles. The number of furan rings is 1. The highest BCUT2D eigenvalue weighted by molar-refractivity contribution is 7.92. The fraction of sp³-hybridized carbons (Fsp3) is 0.100. The minimum absolute atomic E-state index is 0.213. The van der Waals surface area contributed by atoms with E-state index in [2.05, 4.69) is 20.3 Å². The maximum atomic E-state index is 13.7. The summed E-state index contributed by atoms with van der Waals surface area (Å²) in [6.07, 6.45) is 2.59. The zero-order chi connectivity index (χ0) is 30.6. The van der Waals surface area contributed by atoms with Crippen LogP contribution in [0.15, 0.2) is 71.3 Å². The van der Waals surface area contributed by atoms with Crippen molar-refractivity contribution in [3.05, 3.63) is 88.3 Å². The first-order valence-electron chi connectivity index (χ1n) is 12.8. The number of aromatic nitrogens is 3. The SMILES string of the molecule is CNC(=O)c1c(-c2ccc(F)cc2)oc2cc(N(C)S(C)(=O)=O)c(-c3ccc(Cl)c(-c4nc5cc(Cl)cnc5[nH]4)c3)cc12. The highest BCUT2D eigenvalue weighted by atomic mass is 35.5. The number of nitrogens with one attached hydrogen (secondary N) is 2. The molecular weight excluding hydrogens is 616 g/mol. The van der Waals surface area contributed by atoms with Crippen LogP contribution in [0.25, 0.3) is 56.0 Å². The van der Waals surface area contributed by atoms with Gasteiger partial charge in [-0.2, -0.15) is 0 Å². The number of hydrogen-bond acceptors (Lipinski definition) is 6. The summed E-state index contributed by atoms with van der Waals surface area (Å²) in [4.78, 5) is 25.2. The fourth-order valence-electron chi connectivity index (χ4n) is 4.83. The van der Waals surface area contributed by atoms with Crippen LogP contribution in [-0.4, -0.2) is 49.6 Å². The van der Waals surface area contributed by atoms with Gasteiger partial charge in [0.1, 0.15) is 28.5 Å². The smallest absolute Gasteiger partial charge is 0.255 e. The monoisotopic (exact) mass is 637 g/mol. The van der Waals surface area contributed by atoms with Crippen molar-refractivity contribution in [1.29, 1.82) is 0 Å². The summed E-state index contributed by atoms with van der Waals surface area (Å²) in [5, 5.41) is 3.88. The summed E-state index contributed by atoms with van der Waals surface area (Å²) in [6, 6.07) is 15.7. The molecule has 2 N–H and O–H groups in total. The van der Waals surface area contributed by atoms with Crippen molar-refractivity contribution in [2.45, 2.75) is 0 Å². The van der Waals surface area contributed by atoms with Crippen LogP contribution in [0.4, 0.5) is 10.1 Å². The number of pyridine rings is 1. The molecule has 0 saturated carbocycles. The van der Waals surface area contributed by atoms with Gasteiger partial charge in [-0.25, -0.2) is 22.8 Å². The van der Waals surface area contributed by atoms with Gasteiger partial charge in [-0.05, 0) is 54.1 Å². The molecule has 13 heteroatoms. The van der Waals surface area contributed by atoms with Gasteiger partial charge in [0.25, 0.3) is 5.91 Å². The number of nitrogens with zero attached hydrogens (tertiary/aromatic N) is 3. The number of fused-ring (bicyclic) bond motifs is 2. The second-order valence-electron chi connectivity index (χ2n) is 9.79. The average molecular weight is 639 g/mol. The highest BCUT2D eigenvalue weighted by Crippen LogP contribution is 2.42. The lowest BCUT2D eigenvalue weighted by Gasteiger charge is -2.21. The molecule has 1 amide bonds. The van der Waals surface area contributed by atoms with Crippen LogP contribution in [0.3, 0.4) is 0 Å². The van der Waals surface area contributed by atoms with E-state index in [1.54, 1.807) is 36.4 Å². The molecule has 0 saturated heterocycles. The van der Waals surface area contributed by atoms with Crippen molar-refractivity contribution in [3.8, 4) is 33.8 Å². The third-order valence-corrected chi connectivity index (χ3v) is 8.77. The summed E-state index contributed by atoms with van der Waals surface area (Å²) in [7, 11) is -0.808. The summed E-state index contributed by atoms with van der Waals surface area (Å²) >= 11 is 12.7. The maximum absolute atomic E-state index is 13.7. The molecule has 0 fully saturated rings. The van der Waals surface area contributed by atoms with Gasteiger partial charge in [-0.1, -0.05) is 29.3 Å². The molecule has 43 heavy (non-hydrogen) atoms. The van der Waals surface area contributed by atoms with E-state index < -0.39 is 21.7 Å². The minimum atomic E-state index is -3.72. The summed E-state index contributed by atoms with van der Waals surface area (Å²) in [6.45, 7) is 0. The summed E-state index contributed by atoms with van der Waals surface area (Å²) < 4.78 is 46.4. The zero-order valence-electron chi connectivity index (χ0n) is 22.9. The van der Waals surface area contributed by atoms with E-state index in [1.165, 1.54) is 44.6 Å². The first kappa shape index (κ1) is 28.7. The van der Waals surface area contributed by atoms with Crippen molar-refractivity contribution < 1.29 is 22.0 Å². The number of carbonyl (C=O) groups excluding carboxylic acids is 1. The van der Waals surface area contributed by atoms with Crippen molar-refractivity contribution in [3.63, 3.8) is 0 Å². The molecule has 0 aliphatic carbocycles. The van der Waals surface area contributed by atoms with Gasteiger partial charge < -0.3 is 14.7 Å². The number of anilines is 1. The minimum Gasteiger partial charge on any atom is -0.455 e. The predicted molar refractivity (Wildman–Crippen MR) is 167 cm³/mol. The molecule has 218 valence electrons. The average Bonchev–Trinajstić information content (AvgIpc) is 3.56. The largest absolute Gasteiger partial charge is 0.455 e. The van der Waals surface area contributed by atoms with Crippen LogP contribution in [-0.2, 0) is 10.0 Å². The van der Waals surface area contributed by atoms with Crippen molar-refractivity contribution >= 4 is 67.0 Å². The number of benzene rings is 3. The molecule has 0 spiro atoms. The molecule has 0 unspecified atom stereocenters. The topological polar surface area (TPSA) is 121 Å². The number of carbonyl (C=O) groups is 1. The first-order chi connectivity index (χ1) is 20.4. The Balaban J connectivity index is 1.62. The zero-order valence-corrected chi connectivity index (χ0v) is 25.2. The van der Waals surface area contributed by atoms with Crippen molar-refractivity contribution in [1.82, 2.24) is 20.3 Å². The fourth-order valence-corrected chi connectivity index (χ4v) is 5.70. The first-order valence-corrected chi connectivity index (χ1v) is 15.4. The molecule has 3 aromatic carbocycles. The Hall–Kier alpha value is -4.45. The second kappa shape index (κ2) is 10.7. The number of amides is 1. The Kier molecular flexibility index (Phi) is 7.11.